The maximum atomic E-state index is 12.0. The first-order chi connectivity index (χ1) is 9.27. The second-order valence-electron chi connectivity index (χ2n) is 3.89. The first-order valence-corrected chi connectivity index (χ1v) is 5.43. The molecule has 0 heterocycles. The van der Waals surface area contributed by atoms with Gasteiger partial charge in [0, 0.05) is 11.1 Å². The van der Waals surface area contributed by atoms with E-state index in [1.807, 2.05) is 0 Å². The van der Waals surface area contributed by atoms with Crippen LogP contribution < -0.4 is 11.5 Å². The zero-order valence-electron chi connectivity index (χ0n) is 10.5. The van der Waals surface area contributed by atoms with Gasteiger partial charge in [0.15, 0.2) is 11.6 Å². The van der Waals surface area contributed by atoms with Gasteiger partial charge < -0.3 is 11.5 Å². The van der Waals surface area contributed by atoms with Crippen molar-refractivity contribution in [2.75, 3.05) is 0 Å². The van der Waals surface area contributed by atoms with E-state index in [0.717, 1.165) is 0 Å². The van der Waals surface area contributed by atoms with Crippen LogP contribution in [-0.2, 0) is 9.59 Å². The summed E-state index contributed by atoms with van der Waals surface area (Å²) in [5, 5.41) is 0. The topological polar surface area (TPSA) is 120 Å². The molecular formula is C14H12N2O4. The summed E-state index contributed by atoms with van der Waals surface area (Å²) in [6, 6.07) is 5.62. The summed E-state index contributed by atoms with van der Waals surface area (Å²) in [7, 11) is 0. The van der Waals surface area contributed by atoms with E-state index in [1.54, 1.807) is 0 Å². The van der Waals surface area contributed by atoms with Crippen LogP contribution in [0.1, 0.15) is 20.7 Å². The van der Waals surface area contributed by atoms with Crippen LogP contribution >= 0.6 is 0 Å². The Kier molecular flexibility index (Phi) is 4.32. The van der Waals surface area contributed by atoms with E-state index >= 15 is 0 Å². The van der Waals surface area contributed by atoms with Crippen molar-refractivity contribution in [3.63, 3.8) is 0 Å². The number of benzene rings is 1. The van der Waals surface area contributed by atoms with Crippen LogP contribution in [0.15, 0.2) is 48.6 Å². The molecule has 0 saturated heterocycles. The number of amides is 2. The maximum Gasteiger partial charge on any atom is 0.252 e. The van der Waals surface area contributed by atoms with Gasteiger partial charge in [0.05, 0.1) is 11.1 Å². The summed E-state index contributed by atoms with van der Waals surface area (Å²) >= 11 is 0. The van der Waals surface area contributed by atoms with Crippen molar-refractivity contribution < 1.29 is 19.2 Å². The summed E-state index contributed by atoms with van der Waals surface area (Å²) in [4.78, 5) is 45.9. The third-order valence-corrected chi connectivity index (χ3v) is 2.56. The maximum absolute atomic E-state index is 12.0. The number of Topliss-reactive ketones (excluding diaryl/α,β-unsaturated/α-hetero) is 2. The fourth-order valence-electron chi connectivity index (χ4n) is 1.43. The van der Waals surface area contributed by atoms with E-state index < -0.39 is 34.5 Å². The molecule has 1 rings (SSSR count). The smallest absolute Gasteiger partial charge is 0.252 e. The minimum absolute atomic E-state index is 0.0938. The Labute approximate surface area is 114 Å². The molecule has 102 valence electrons. The molecule has 6 nitrogen and oxygen atoms in total. The van der Waals surface area contributed by atoms with Crippen LogP contribution in [0, 0.1) is 0 Å². The predicted octanol–water partition coefficient (Wildman–Crippen LogP) is 0.135. The van der Waals surface area contributed by atoms with Crippen LogP contribution in [0.3, 0.4) is 0 Å². The summed E-state index contributed by atoms with van der Waals surface area (Å²) < 4.78 is 0. The highest BCUT2D eigenvalue weighted by Gasteiger charge is 2.23. The average molecular weight is 272 g/mol. The molecule has 1 aromatic carbocycles. The van der Waals surface area contributed by atoms with E-state index in [0.29, 0.717) is 0 Å². The second-order valence-corrected chi connectivity index (χ2v) is 3.89. The first-order valence-electron chi connectivity index (χ1n) is 5.43. The lowest BCUT2D eigenvalue weighted by atomic mass is 9.94. The molecule has 0 radical (unpaired) electrons. The highest BCUT2D eigenvalue weighted by Crippen LogP contribution is 2.16. The third-order valence-electron chi connectivity index (χ3n) is 2.56. The van der Waals surface area contributed by atoms with Crippen molar-refractivity contribution in [1.29, 1.82) is 0 Å². The van der Waals surface area contributed by atoms with Crippen LogP contribution in [0.5, 0.6) is 0 Å². The van der Waals surface area contributed by atoms with Gasteiger partial charge in [0.2, 0.25) is 0 Å². The lowest BCUT2D eigenvalue weighted by molar-refractivity contribution is -0.115. The van der Waals surface area contributed by atoms with Crippen molar-refractivity contribution in [3.8, 4) is 0 Å². The van der Waals surface area contributed by atoms with E-state index in [2.05, 4.69) is 13.2 Å². The Balaban J connectivity index is 3.32. The first kappa shape index (κ1) is 15.0. The summed E-state index contributed by atoms with van der Waals surface area (Å²) in [6.07, 6.45) is 0. The van der Waals surface area contributed by atoms with Crippen LogP contribution in [-0.4, -0.2) is 23.4 Å². The van der Waals surface area contributed by atoms with Gasteiger partial charge in [-0.25, -0.2) is 0 Å². The molecule has 0 bridgehead atoms. The van der Waals surface area contributed by atoms with Gasteiger partial charge in [-0.1, -0.05) is 37.4 Å². The number of nitrogens with two attached hydrogens (primary N) is 2. The molecule has 6 heteroatoms. The van der Waals surface area contributed by atoms with Gasteiger partial charge in [0.1, 0.15) is 0 Å². The molecule has 0 aliphatic heterocycles. The molecule has 0 aromatic heterocycles. The Morgan fingerprint density at radius 3 is 1.30 bits per heavy atom. The molecule has 20 heavy (non-hydrogen) atoms. The molecule has 4 N–H and O–H groups in total. The number of ketones is 2. The molecule has 0 unspecified atom stereocenters. The number of carbonyl (C=O) groups is 4. The van der Waals surface area contributed by atoms with Gasteiger partial charge in [-0.05, 0) is 0 Å². The van der Waals surface area contributed by atoms with Gasteiger partial charge in [-0.15, -0.1) is 0 Å². The van der Waals surface area contributed by atoms with Crippen molar-refractivity contribution in [3.05, 3.63) is 59.7 Å². The molecule has 0 atom stereocenters. The standard InChI is InChI=1S/C14H12N2O4/c1-7(13(15)19)11(17)9-5-3-4-6-10(9)12(18)8(2)14(16)20/h3-6H,1-2H2,(H2,15,19)(H2,16,20). The molecule has 0 fully saturated rings. The molecular weight excluding hydrogens is 260 g/mol. The molecule has 2 amide bonds. The highest BCUT2D eigenvalue weighted by atomic mass is 16.2. The summed E-state index contributed by atoms with van der Waals surface area (Å²) in [5.74, 6) is -3.57. The van der Waals surface area contributed by atoms with E-state index in [1.165, 1.54) is 24.3 Å². The zero-order chi connectivity index (χ0) is 15.4. The van der Waals surface area contributed by atoms with Crippen LogP contribution in [0.4, 0.5) is 0 Å². The van der Waals surface area contributed by atoms with Gasteiger partial charge >= 0.3 is 0 Å². The summed E-state index contributed by atoms with van der Waals surface area (Å²) in [5.41, 5.74) is 8.83. The highest BCUT2D eigenvalue weighted by molar-refractivity contribution is 6.31. The Morgan fingerprint density at radius 1 is 0.750 bits per heavy atom. The average Bonchev–Trinajstić information content (AvgIpc) is 2.43. The fraction of sp³-hybridized carbons (Fsp3) is 0. The zero-order valence-corrected chi connectivity index (χ0v) is 10.5. The van der Waals surface area contributed by atoms with E-state index in [9.17, 15) is 19.2 Å². The van der Waals surface area contributed by atoms with Crippen molar-refractivity contribution in [2.45, 2.75) is 0 Å². The minimum Gasteiger partial charge on any atom is -0.365 e. The number of hydrogen-bond donors (Lipinski definition) is 2. The number of rotatable bonds is 6. The second kappa shape index (κ2) is 5.75. The van der Waals surface area contributed by atoms with E-state index in [-0.39, 0.29) is 11.1 Å². The Morgan fingerprint density at radius 2 is 1.05 bits per heavy atom. The van der Waals surface area contributed by atoms with Crippen LogP contribution in [0.25, 0.3) is 0 Å². The SMILES string of the molecule is C=C(C(N)=O)C(=O)c1ccccc1C(=O)C(=C)C(N)=O. The van der Waals surface area contributed by atoms with Crippen molar-refractivity contribution in [2.24, 2.45) is 11.5 Å². The fourth-order valence-corrected chi connectivity index (χ4v) is 1.43. The lowest BCUT2D eigenvalue weighted by Gasteiger charge is -2.08. The molecule has 0 spiro atoms. The molecule has 0 saturated carbocycles. The monoisotopic (exact) mass is 272 g/mol. The normalized spacial score (nSPS) is 9.60. The Bertz CT molecular complexity index is 602. The summed E-state index contributed by atoms with van der Waals surface area (Å²) in [6.45, 7) is 6.52. The number of carbonyl (C=O) groups excluding carboxylic acids is 4. The minimum atomic E-state index is -0.994. The van der Waals surface area contributed by atoms with Gasteiger partial charge in [-0.2, -0.15) is 0 Å². The largest absolute Gasteiger partial charge is 0.365 e. The van der Waals surface area contributed by atoms with Crippen molar-refractivity contribution >= 4 is 23.4 Å². The number of primary amides is 2. The Hall–Kier alpha value is -3.02. The quantitative estimate of drug-likeness (QED) is 0.331. The molecule has 0 aliphatic rings. The molecule has 1 aromatic rings. The third kappa shape index (κ3) is 2.86. The van der Waals surface area contributed by atoms with Crippen molar-refractivity contribution in [1.82, 2.24) is 0 Å². The molecule has 0 aliphatic carbocycles. The number of hydrogen-bond acceptors (Lipinski definition) is 4. The van der Waals surface area contributed by atoms with E-state index in [4.69, 9.17) is 11.5 Å². The van der Waals surface area contributed by atoms with Gasteiger partial charge in [0.25, 0.3) is 11.8 Å². The predicted molar refractivity (Wildman–Crippen MR) is 71.8 cm³/mol. The van der Waals surface area contributed by atoms with Gasteiger partial charge in [-0.3, -0.25) is 19.2 Å². The lowest BCUT2D eigenvalue weighted by Crippen LogP contribution is -2.24. The van der Waals surface area contributed by atoms with Crippen LogP contribution in [0.2, 0.25) is 0 Å².